The number of amides is 2. The summed E-state index contributed by atoms with van der Waals surface area (Å²) in [6, 6.07) is 15.4. The highest BCUT2D eigenvalue weighted by atomic mass is 19.4. The molecule has 35 heavy (non-hydrogen) atoms. The summed E-state index contributed by atoms with van der Waals surface area (Å²) in [5, 5.41) is 9.05. The van der Waals surface area contributed by atoms with Gasteiger partial charge in [-0.05, 0) is 68.7 Å². The van der Waals surface area contributed by atoms with E-state index >= 15 is 0 Å². The van der Waals surface area contributed by atoms with E-state index in [2.05, 4.69) is 16.0 Å². The highest BCUT2D eigenvalue weighted by Crippen LogP contribution is 2.35. The number of benzene rings is 2. The number of anilines is 3. The van der Waals surface area contributed by atoms with Crippen LogP contribution in [0.4, 0.5) is 30.2 Å². The van der Waals surface area contributed by atoms with Gasteiger partial charge in [-0.25, -0.2) is 0 Å². The lowest BCUT2D eigenvalue weighted by Gasteiger charge is -2.34. The number of alkyl halides is 3. The number of halogens is 3. The van der Waals surface area contributed by atoms with Gasteiger partial charge in [0.25, 0.3) is 0 Å². The fourth-order valence-corrected chi connectivity index (χ4v) is 4.63. The fraction of sp³-hybridized carbons (Fsp3) is 0.462. The number of piperidine rings is 1. The van der Waals surface area contributed by atoms with Gasteiger partial charge in [-0.2, -0.15) is 13.2 Å². The van der Waals surface area contributed by atoms with Crippen molar-refractivity contribution in [2.45, 2.75) is 44.8 Å². The largest absolute Gasteiger partial charge is 0.391 e. The van der Waals surface area contributed by atoms with Crippen LogP contribution in [0.1, 0.15) is 38.7 Å². The number of hydrogen-bond acceptors (Lipinski definition) is 4. The summed E-state index contributed by atoms with van der Waals surface area (Å²) in [6.07, 6.45) is -3.63. The van der Waals surface area contributed by atoms with E-state index in [-0.39, 0.29) is 37.0 Å². The first-order chi connectivity index (χ1) is 16.5. The molecule has 1 atom stereocenters. The van der Waals surface area contributed by atoms with Crippen LogP contribution in [0.3, 0.4) is 0 Å². The molecule has 0 bridgehead atoms. The lowest BCUT2D eigenvalue weighted by atomic mass is 9.93. The quantitative estimate of drug-likeness (QED) is 0.551. The van der Waals surface area contributed by atoms with Gasteiger partial charge in [0, 0.05) is 43.1 Å². The molecule has 2 fully saturated rings. The van der Waals surface area contributed by atoms with E-state index in [1.165, 1.54) is 0 Å². The van der Waals surface area contributed by atoms with Crippen LogP contribution in [0.15, 0.2) is 48.5 Å². The molecule has 2 aliphatic rings. The Balaban J connectivity index is 1.32. The molecule has 1 unspecified atom stereocenters. The van der Waals surface area contributed by atoms with E-state index in [0.29, 0.717) is 19.6 Å². The standard InChI is InChI=1S/C26H31F3N4O2/c1-25(2,32-24(35)17-15-23(34)30-16-17)18-3-5-20(6-4-18)31-21-7-9-22(10-8-21)33-13-11-19(12-14-33)26(27,28)29/h3-10,17,19,31H,11-16H2,1-2H3,(H,30,34)(H,32,35). The van der Waals surface area contributed by atoms with Crippen molar-refractivity contribution in [2.24, 2.45) is 11.8 Å². The predicted octanol–water partition coefficient (Wildman–Crippen LogP) is 4.70. The Labute approximate surface area is 203 Å². The number of nitrogens with one attached hydrogen (secondary N) is 3. The van der Waals surface area contributed by atoms with E-state index < -0.39 is 17.6 Å². The Morgan fingerprint density at radius 3 is 2.06 bits per heavy atom. The Morgan fingerprint density at radius 2 is 1.54 bits per heavy atom. The van der Waals surface area contributed by atoms with Gasteiger partial charge in [0.1, 0.15) is 0 Å². The normalized spacial score (nSPS) is 19.4. The van der Waals surface area contributed by atoms with Crippen LogP contribution >= 0.6 is 0 Å². The lowest BCUT2D eigenvalue weighted by Crippen LogP contribution is -2.44. The Kier molecular flexibility index (Phi) is 6.96. The van der Waals surface area contributed by atoms with Gasteiger partial charge < -0.3 is 20.9 Å². The average Bonchev–Trinajstić information content (AvgIpc) is 3.26. The molecule has 2 aromatic carbocycles. The molecule has 0 aromatic heterocycles. The fourth-order valence-electron chi connectivity index (χ4n) is 4.63. The van der Waals surface area contributed by atoms with Crippen LogP contribution < -0.4 is 20.9 Å². The maximum absolute atomic E-state index is 12.9. The van der Waals surface area contributed by atoms with Crippen LogP contribution in [0.25, 0.3) is 0 Å². The SMILES string of the molecule is CC(C)(NC(=O)C1CNC(=O)C1)c1ccc(Nc2ccc(N3CCC(C(F)(F)F)CC3)cc2)cc1. The zero-order valence-electron chi connectivity index (χ0n) is 19.9. The first kappa shape index (κ1) is 24.9. The molecular weight excluding hydrogens is 457 g/mol. The minimum Gasteiger partial charge on any atom is -0.372 e. The van der Waals surface area contributed by atoms with Gasteiger partial charge in [-0.3, -0.25) is 9.59 Å². The molecule has 0 saturated carbocycles. The van der Waals surface area contributed by atoms with Crippen LogP contribution in [-0.2, 0) is 15.1 Å². The van der Waals surface area contributed by atoms with Crippen molar-refractivity contribution in [3.8, 4) is 0 Å². The van der Waals surface area contributed by atoms with Crippen LogP contribution in [0.2, 0.25) is 0 Å². The molecule has 2 aliphatic heterocycles. The van der Waals surface area contributed by atoms with Crippen molar-refractivity contribution in [1.29, 1.82) is 0 Å². The molecule has 2 aromatic rings. The van der Waals surface area contributed by atoms with E-state index in [4.69, 9.17) is 0 Å². The van der Waals surface area contributed by atoms with Gasteiger partial charge in [0.15, 0.2) is 0 Å². The second-order valence-electron chi connectivity index (χ2n) is 9.87. The third-order valence-electron chi connectivity index (χ3n) is 6.87. The molecule has 6 nitrogen and oxygen atoms in total. The summed E-state index contributed by atoms with van der Waals surface area (Å²) in [7, 11) is 0. The van der Waals surface area contributed by atoms with Crippen molar-refractivity contribution >= 4 is 28.9 Å². The second-order valence-corrected chi connectivity index (χ2v) is 9.87. The third-order valence-corrected chi connectivity index (χ3v) is 6.87. The lowest BCUT2D eigenvalue weighted by molar-refractivity contribution is -0.179. The van der Waals surface area contributed by atoms with Crippen LogP contribution in [0.5, 0.6) is 0 Å². The van der Waals surface area contributed by atoms with Crippen molar-refractivity contribution < 1.29 is 22.8 Å². The summed E-state index contributed by atoms with van der Waals surface area (Å²) < 4.78 is 38.7. The second kappa shape index (κ2) is 9.79. The number of carbonyl (C=O) groups is 2. The highest BCUT2D eigenvalue weighted by Gasteiger charge is 2.41. The smallest absolute Gasteiger partial charge is 0.372 e. The minimum absolute atomic E-state index is 0.0996. The number of rotatable bonds is 6. The Bertz CT molecular complexity index is 1040. The summed E-state index contributed by atoms with van der Waals surface area (Å²) in [5.74, 6) is -1.79. The molecule has 0 aliphatic carbocycles. The molecular formula is C26H31F3N4O2. The van der Waals surface area contributed by atoms with Crippen molar-refractivity contribution in [2.75, 3.05) is 29.9 Å². The maximum Gasteiger partial charge on any atom is 0.391 e. The summed E-state index contributed by atoms with van der Waals surface area (Å²) >= 11 is 0. The molecule has 188 valence electrons. The maximum atomic E-state index is 12.9. The zero-order valence-corrected chi connectivity index (χ0v) is 19.9. The average molecular weight is 489 g/mol. The first-order valence-electron chi connectivity index (χ1n) is 11.9. The zero-order chi connectivity index (χ0) is 25.2. The molecule has 2 saturated heterocycles. The number of hydrogen-bond donors (Lipinski definition) is 3. The van der Waals surface area contributed by atoms with Gasteiger partial charge >= 0.3 is 6.18 Å². The van der Waals surface area contributed by atoms with Gasteiger partial charge in [-0.1, -0.05) is 12.1 Å². The monoisotopic (exact) mass is 488 g/mol. The molecule has 2 amide bonds. The summed E-state index contributed by atoms with van der Waals surface area (Å²) in [4.78, 5) is 25.9. The van der Waals surface area contributed by atoms with Gasteiger partial charge in [-0.15, -0.1) is 0 Å². The van der Waals surface area contributed by atoms with Crippen molar-refractivity contribution in [3.05, 3.63) is 54.1 Å². The van der Waals surface area contributed by atoms with Crippen LogP contribution in [0, 0.1) is 11.8 Å². The Hall–Kier alpha value is -3.23. The third kappa shape index (κ3) is 6.07. The van der Waals surface area contributed by atoms with E-state index in [9.17, 15) is 22.8 Å². The molecule has 9 heteroatoms. The molecule has 3 N–H and O–H groups in total. The van der Waals surface area contributed by atoms with E-state index in [0.717, 1.165) is 22.6 Å². The van der Waals surface area contributed by atoms with E-state index in [1.807, 2.05) is 67.3 Å². The van der Waals surface area contributed by atoms with Gasteiger partial charge in [0.2, 0.25) is 11.8 Å². The number of carbonyl (C=O) groups excluding carboxylic acids is 2. The Morgan fingerprint density at radius 1 is 0.971 bits per heavy atom. The van der Waals surface area contributed by atoms with E-state index in [1.54, 1.807) is 0 Å². The predicted molar refractivity (Wildman–Crippen MR) is 129 cm³/mol. The van der Waals surface area contributed by atoms with Crippen molar-refractivity contribution in [1.82, 2.24) is 10.6 Å². The number of nitrogens with zero attached hydrogens (tertiary/aromatic N) is 1. The highest BCUT2D eigenvalue weighted by molar-refractivity contribution is 5.89. The molecule has 0 radical (unpaired) electrons. The van der Waals surface area contributed by atoms with Crippen LogP contribution in [-0.4, -0.2) is 37.6 Å². The topological polar surface area (TPSA) is 73.5 Å². The van der Waals surface area contributed by atoms with Crippen molar-refractivity contribution in [3.63, 3.8) is 0 Å². The minimum atomic E-state index is -4.11. The molecule has 4 rings (SSSR count). The van der Waals surface area contributed by atoms with Gasteiger partial charge in [0.05, 0.1) is 17.4 Å². The summed E-state index contributed by atoms with van der Waals surface area (Å²) in [6.45, 7) is 5.02. The molecule has 2 heterocycles. The molecule has 0 spiro atoms. The summed E-state index contributed by atoms with van der Waals surface area (Å²) in [5.41, 5.74) is 3.01. The first-order valence-corrected chi connectivity index (χ1v) is 11.9.